The van der Waals surface area contributed by atoms with E-state index >= 15 is 0 Å². The normalized spacial score (nSPS) is 17.1. The van der Waals surface area contributed by atoms with Crippen molar-refractivity contribution >= 4 is 18.1 Å². The maximum absolute atomic E-state index is 12.3. The number of nitrogens with zero attached hydrogens (tertiary/aromatic N) is 1. The van der Waals surface area contributed by atoms with E-state index in [0.717, 1.165) is 16.7 Å². The summed E-state index contributed by atoms with van der Waals surface area (Å²) in [6, 6.07) is 3.73. The van der Waals surface area contributed by atoms with Gasteiger partial charge >= 0.3 is 6.09 Å². The first kappa shape index (κ1) is 20.0. The third kappa shape index (κ3) is 3.90. The molecule has 1 aromatic carbocycles. The summed E-state index contributed by atoms with van der Waals surface area (Å²) in [7, 11) is 1.19. The van der Waals surface area contributed by atoms with Gasteiger partial charge in [0.05, 0.1) is 7.11 Å². The second-order valence-corrected chi connectivity index (χ2v) is 8.48. The smallest absolute Gasteiger partial charge is 0.441 e. The van der Waals surface area contributed by atoms with Crippen LogP contribution in [0.2, 0.25) is 0 Å². The van der Waals surface area contributed by atoms with Gasteiger partial charge < -0.3 is 9.84 Å². The number of hydroxylamine groups is 2. The Labute approximate surface area is 154 Å². The zero-order valence-corrected chi connectivity index (χ0v) is 16.5. The number of aromatic hydroxyl groups is 1. The van der Waals surface area contributed by atoms with E-state index in [-0.39, 0.29) is 23.2 Å². The summed E-state index contributed by atoms with van der Waals surface area (Å²) in [6.45, 7) is 12.1. The summed E-state index contributed by atoms with van der Waals surface area (Å²) < 4.78 is 4.53. The van der Waals surface area contributed by atoms with Gasteiger partial charge in [0.2, 0.25) is 0 Å². The maximum Gasteiger partial charge on any atom is 0.441 e. The quantitative estimate of drug-likeness (QED) is 0.768. The number of hydrogen-bond acceptors (Lipinski definition) is 5. The van der Waals surface area contributed by atoms with Gasteiger partial charge in [-0.1, -0.05) is 41.5 Å². The minimum Gasteiger partial charge on any atom is -0.507 e. The largest absolute Gasteiger partial charge is 0.507 e. The molecule has 142 valence electrons. The van der Waals surface area contributed by atoms with Crippen molar-refractivity contribution in [2.24, 2.45) is 0 Å². The minimum absolute atomic E-state index is 0.00941. The number of ether oxygens (including phenoxy) is 1. The van der Waals surface area contributed by atoms with E-state index in [1.54, 1.807) is 6.08 Å². The molecular weight excluding hydrogens is 334 g/mol. The highest BCUT2D eigenvalue weighted by atomic mass is 16.7. The highest BCUT2D eigenvalue weighted by molar-refractivity contribution is 6.05. The summed E-state index contributed by atoms with van der Waals surface area (Å²) in [6.07, 6.45) is 0.838. The lowest BCUT2D eigenvalue weighted by Gasteiger charge is -2.28. The minimum atomic E-state index is -0.852. The summed E-state index contributed by atoms with van der Waals surface area (Å²) in [5, 5.41) is 11.4. The van der Waals surface area contributed by atoms with Crippen LogP contribution in [0.3, 0.4) is 0 Å². The molecule has 0 radical (unpaired) electrons. The van der Waals surface area contributed by atoms with Crippen molar-refractivity contribution in [3.05, 3.63) is 34.4 Å². The van der Waals surface area contributed by atoms with Crippen molar-refractivity contribution in [3.63, 3.8) is 0 Å². The molecule has 1 aromatic rings. The second kappa shape index (κ2) is 6.76. The number of imide groups is 1. The van der Waals surface area contributed by atoms with Crippen molar-refractivity contribution in [2.75, 3.05) is 13.7 Å². The van der Waals surface area contributed by atoms with Gasteiger partial charge in [0.1, 0.15) is 12.4 Å². The zero-order chi connectivity index (χ0) is 19.9. The van der Waals surface area contributed by atoms with Gasteiger partial charge in [-0.25, -0.2) is 4.79 Å². The van der Waals surface area contributed by atoms with E-state index in [4.69, 9.17) is 4.84 Å². The molecule has 1 heterocycles. The standard InChI is InChI=1S/C20H27NO5/c1-19(2,3)14-9-12(10-15(16(14)22)20(4,5)6)8-13-11-26-21(17(13)23)18(24)25-7/h8-10,22H,11H2,1-7H3. The van der Waals surface area contributed by atoms with E-state index in [1.165, 1.54) is 7.11 Å². The molecule has 0 saturated carbocycles. The molecule has 2 rings (SSSR count). The Kier molecular flexibility index (Phi) is 5.19. The number of phenolic OH excluding ortho intramolecular Hbond substituents is 1. The summed E-state index contributed by atoms with van der Waals surface area (Å²) in [4.78, 5) is 29.0. The molecule has 1 aliphatic heterocycles. The van der Waals surface area contributed by atoms with Crippen LogP contribution in [-0.4, -0.2) is 35.9 Å². The van der Waals surface area contributed by atoms with E-state index in [2.05, 4.69) is 4.74 Å². The van der Waals surface area contributed by atoms with Crippen LogP contribution in [0.5, 0.6) is 5.75 Å². The molecule has 6 heteroatoms. The Morgan fingerprint density at radius 1 is 1.15 bits per heavy atom. The average molecular weight is 361 g/mol. The fourth-order valence-electron chi connectivity index (χ4n) is 2.79. The Balaban J connectivity index is 2.54. The molecule has 2 amide bonds. The lowest BCUT2D eigenvalue weighted by atomic mass is 9.78. The predicted molar refractivity (Wildman–Crippen MR) is 98.7 cm³/mol. The van der Waals surface area contributed by atoms with Crippen LogP contribution in [0.1, 0.15) is 58.2 Å². The van der Waals surface area contributed by atoms with Crippen LogP contribution < -0.4 is 0 Å². The first-order valence-corrected chi connectivity index (χ1v) is 8.50. The number of benzene rings is 1. The van der Waals surface area contributed by atoms with Gasteiger partial charge in [-0.15, -0.1) is 5.06 Å². The monoisotopic (exact) mass is 361 g/mol. The summed E-state index contributed by atoms with van der Waals surface area (Å²) in [5.41, 5.74) is 2.18. The van der Waals surface area contributed by atoms with Crippen molar-refractivity contribution in [3.8, 4) is 5.75 Å². The first-order chi connectivity index (χ1) is 11.9. The van der Waals surface area contributed by atoms with Crippen LogP contribution in [0.15, 0.2) is 17.7 Å². The zero-order valence-electron chi connectivity index (χ0n) is 16.5. The third-order valence-corrected chi connectivity index (χ3v) is 4.24. The summed E-state index contributed by atoms with van der Waals surface area (Å²) >= 11 is 0. The predicted octanol–water partition coefficient (Wildman–Crippen LogP) is 3.91. The fraction of sp³-hybridized carbons (Fsp3) is 0.500. The lowest BCUT2D eigenvalue weighted by Crippen LogP contribution is -2.30. The van der Waals surface area contributed by atoms with Gasteiger partial charge in [0, 0.05) is 16.7 Å². The molecule has 6 nitrogen and oxygen atoms in total. The topological polar surface area (TPSA) is 76.1 Å². The van der Waals surface area contributed by atoms with Crippen molar-refractivity contribution < 1.29 is 24.3 Å². The maximum atomic E-state index is 12.3. The lowest BCUT2D eigenvalue weighted by molar-refractivity contribution is -0.151. The van der Waals surface area contributed by atoms with Gasteiger partial charge in [-0.3, -0.25) is 9.63 Å². The first-order valence-electron chi connectivity index (χ1n) is 8.50. The van der Waals surface area contributed by atoms with Gasteiger partial charge in [-0.05, 0) is 34.6 Å². The molecular formula is C20H27NO5. The van der Waals surface area contributed by atoms with Crippen molar-refractivity contribution in [1.29, 1.82) is 0 Å². The number of amides is 2. The van der Waals surface area contributed by atoms with Crippen molar-refractivity contribution in [1.82, 2.24) is 5.06 Å². The molecule has 1 N–H and O–H groups in total. The third-order valence-electron chi connectivity index (χ3n) is 4.24. The molecule has 26 heavy (non-hydrogen) atoms. The van der Waals surface area contributed by atoms with Crippen molar-refractivity contribution in [2.45, 2.75) is 52.4 Å². The molecule has 0 spiro atoms. The Hall–Kier alpha value is -2.34. The summed E-state index contributed by atoms with van der Waals surface area (Å²) in [5.74, 6) is -0.267. The van der Waals surface area contributed by atoms with Gasteiger partial charge in [-0.2, -0.15) is 0 Å². The number of methoxy groups -OCH3 is 1. The van der Waals surface area contributed by atoms with Crippen LogP contribution >= 0.6 is 0 Å². The van der Waals surface area contributed by atoms with Crippen LogP contribution in [0, 0.1) is 0 Å². The molecule has 0 unspecified atom stereocenters. The van der Waals surface area contributed by atoms with E-state index in [9.17, 15) is 14.7 Å². The van der Waals surface area contributed by atoms with E-state index in [1.807, 2.05) is 53.7 Å². The Morgan fingerprint density at radius 3 is 2.08 bits per heavy atom. The average Bonchev–Trinajstić information content (AvgIpc) is 2.87. The van der Waals surface area contributed by atoms with E-state index < -0.39 is 12.0 Å². The van der Waals surface area contributed by atoms with Gasteiger partial charge in [0.15, 0.2) is 0 Å². The molecule has 1 fully saturated rings. The van der Waals surface area contributed by atoms with Crippen LogP contribution in [0.25, 0.3) is 6.08 Å². The molecule has 0 aromatic heterocycles. The second-order valence-electron chi connectivity index (χ2n) is 8.48. The SMILES string of the molecule is COC(=O)N1OCC(=Cc2cc(C(C)(C)C)c(O)c(C(C)(C)C)c2)C1=O. The number of phenols is 1. The van der Waals surface area contributed by atoms with Gasteiger partial charge in [0.25, 0.3) is 5.91 Å². The molecule has 0 bridgehead atoms. The Morgan fingerprint density at radius 2 is 1.65 bits per heavy atom. The van der Waals surface area contributed by atoms with Crippen LogP contribution in [0.4, 0.5) is 4.79 Å². The molecule has 0 atom stereocenters. The highest BCUT2D eigenvalue weighted by Gasteiger charge is 2.34. The van der Waals surface area contributed by atoms with E-state index in [0.29, 0.717) is 10.6 Å². The molecule has 1 aliphatic rings. The number of carbonyl (C=O) groups is 2. The Bertz CT molecular complexity index is 730. The fourth-order valence-corrected chi connectivity index (χ4v) is 2.79. The molecule has 1 saturated heterocycles. The number of hydrogen-bond donors (Lipinski definition) is 1. The molecule has 0 aliphatic carbocycles. The number of carbonyl (C=O) groups excluding carboxylic acids is 2. The van der Waals surface area contributed by atoms with Crippen LogP contribution in [-0.2, 0) is 25.2 Å². The number of rotatable bonds is 1. The highest BCUT2D eigenvalue weighted by Crippen LogP contribution is 2.40.